The van der Waals surface area contributed by atoms with Gasteiger partial charge in [0.25, 0.3) is 0 Å². The monoisotopic (exact) mass is 266 g/mol. The zero-order valence-electron chi connectivity index (χ0n) is 11.8. The Morgan fingerprint density at radius 3 is 2.37 bits per heavy atom. The van der Waals surface area contributed by atoms with Crippen LogP contribution in [0, 0.1) is 0 Å². The average molecular weight is 266 g/mol. The molecule has 1 aliphatic rings. The fourth-order valence-corrected chi connectivity index (χ4v) is 2.10. The quantitative estimate of drug-likeness (QED) is 0.882. The molecule has 0 atom stereocenters. The third-order valence-electron chi connectivity index (χ3n) is 2.98. The van der Waals surface area contributed by atoms with Crippen LogP contribution in [0.2, 0.25) is 0 Å². The van der Waals surface area contributed by atoms with Crippen molar-refractivity contribution in [3.8, 4) is 12.0 Å². The van der Waals surface area contributed by atoms with Crippen LogP contribution in [0.15, 0.2) is 0 Å². The number of aromatic nitrogens is 3. The van der Waals surface area contributed by atoms with Crippen molar-refractivity contribution in [3.05, 3.63) is 0 Å². The molecule has 6 nitrogen and oxygen atoms in total. The van der Waals surface area contributed by atoms with E-state index in [2.05, 4.69) is 20.3 Å². The minimum atomic E-state index is 0.0228. The molecule has 1 saturated carbocycles. The molecular formula is C13H22N4O2. The predicted molar refractivity (Wildman–Crippen MR) is 72.6 cm³/mol. The number of nitrogens with zero attached hydrogens (tertiary/aromatic N) is 3. The van der Waals surface area contributed by atoms with Gasteiger partial charge in [0.05, 0.1) is 6.10 Å². The van der Waals surface area contributed by atoms with Crippen molar-refractivity contribution in [2.24, 2.45) is 0 Å². The molecule has 0 aromatic carbocycles. The average Bonchev–Trinajstić information content (AvgIpc) is 2.38. The van der Waals surface area contributed by atoms with Gasteiger partial charge in [0.1, 0.15) is 6.10 Å². The van der Waals surface area contributed by atoms with Crippen LogP contribution in [0.4, 0.5) is 5.95 Å². The van der Waals surface area contributed by atoms with Gasteiger partial charge in [0, 0.05) is 7.05 Å². The first-order valence-electron chi connectivity index (χ1n) is 6.94. The number of ether oxygens (including phenoxy) is 2. The Morgan fingerprint density at radius 1 is 1.05 bits per heavy atom. The minimum absolute atomic E-state index is 0.0228. The fraction of sp³-hybridized carbons (Fsp3) is 0.769. The van der Waals surface area contributed by atoms with Gasteiger partial charge in [-0.25, -0.2) is 0 Å². The van der Waals surface area contributed by atoms with Gasteiger partial charge in [-0.1, -0.05) is 6.42 Å². The van der Waals surface area contributed by atoms with Crippen molar-refractivity contribution in [1.29, 1.82) is 0 Å². The number of hydrogen-bond acceptors (Lipinski definition) is 6. The van der Waals surface area contributed by atoms with Gasteiger partial charge in [-0.3, -0.25) is 0 Å². The molecule has 2 rings (SSSR count). The van der Waals surface area contributed by atoms with Crippen molar-refractivity contribution < 1.29 is 9.47 Å². The first kappa shape index (κ1) is 13.8. The summed E-state index contributed by atoms with van der Waals surface area (Å²) in [6.45, 7) is 3.87. The lowest BCUT2D eigenvalue weighted by Crippen LogP contribution is -2.21. The van der Waals surface area contributed by atoms with Gasteiger partial charge in [0.2, 0.25) is 5.95 Å². The lowest BCUT2D eigenvalue weighted by atomic mass is 9.98. The Balaban J connectivity index is 2.09. The van der Waals surface area contributed by atoms with E-state index in [1.165, 1.54) is 19.3 Å². The summed E-state index contributed by atoms with van der Waals surface area (Å²) in [7, 11) is 1.76. The molecule has 1 aromatic rings. The summed E-state index contributed by atoms with van der Waals surface area (Å²) in [6.07, 6.45) is 6.10. The van der Waals surface area contributed by atoms with Gasteiger partial charge < -0.3 is 14.8 Å². The maximum atomic E-state index is 5.84. The maximum absolute atomic E-state index is 5.84. The highest BCUT2D eigenvalue weighted by Gasteiger charge is 2.17. The summed E-state index contributed by atoms with van der Waals surface area (Å²) < 4.78 is 11.3. The van der Waals surface area contributed by atoms with Crippen molar-refractivity contribution in [2.45, 2.75) is 58.2 Å². The molecule has 1 aromatic heterocycles. The topological polar surface area (TPSA) is 69.2 Å². The molecule has 0 radical (unpaired) electrons. The summed E-state index contributed by atoms with van der Waals surface area (Å²) >= 11 is 0. The van der Waals surface area contributed by atoms with E-state index < -0.39 is 0 Å². The third kappa shape index (κ3) is 4.22. The van der Waals surface area contributed by atoms with E-state index >= 15 is 0 Å². The van der Waals surface area contributed by atoms with Crippen molar-refractivity contribution >= 4 is 5.95 Å². The molecule has 1 N–H and O–H groups in total. The van der Waals surface area contributed by atoms with Gasteiger partial charge in [-0.05, 0) is 39.5 Å². The molecule has 1 heterocycles. The molecule has 0 aliphatic heterocycles. The second-order valence-electron chi connectivity index (χ2n) is 5.02. The van der Waals surface area contributed by atoms with E-state index in [1.54, 1.807) is 7.05 Å². The molecule has 1 fully saturated rings. The summed E-state index contributed by atoms with van der Waals surface area (Å²) in [5.41, 5.74) is 0. The first-order chi connectivity index (χ1) is 9.17. The van der Waals surface area contributed by atoms with Gasteiger partial charge >= 0.3 is 12.0 Å². The van der Waals surface area contributed by atoms with Gasteiger partial charge in [-0.2, -0.15) is 9.97 Å². The molecule has 0 bridgehead atoms. The molecule has 6 heteroatoms. The number of rotatable bonds is 5. The van der Waals surface area contributed by atoms with Gasteiger partial charge in [-0.15, -0.1) is 4.98 Å². The fourth-order valence-electron chi connectivity index (χ4n) is 2.10. The molecule has 1 aliphatic carbocycles. The van der Waals surface area contributed by atoms with E-state index in [4.69, 9.17) is 9.47 Å². The summed E-state index contributed by atoms with van der Waals surface area (Å²) in [5, 5.41) is 2.90. The van der Waals surface area contributed by atoms with Crippen LogP contribution in [-0.4, -0.2) is 34.2 Å². The molecular weight excluding hydrogens is 244 g/mol. The molecule has 106 valence electrons. The Bertz CT molecular complexity index is 406. The van der Waals surface area contributed by atoms with Crippen LogP contribution in [0.3, 0.4) is 0 Å². The van der Waals surface area contributed by atoms with Crippen LogP contribution in [0.5, 0.6) is 12.0 Å². The first-order valence-corrected chi connectivity index (χ1v) is 6.94. The SMILES string of the molecule is CNc1nc(OC(C)C)nc(OC2CCCCC2)n1. The minimum Gasteiger partial charge on any atom is -0.461 e. The maximum Gasteiger partial charge on any atom is 0.324 e. The second-order valence-corrected chi connectivity index (χ2v) is 5.02. The van der Waals surface area contributed by atoms with Crippen molar-refractivity contribution in [1.82, 2.24) is 15.0 Å². The second kappa shape index (κ2) is 6.54. The number of anilines is 1. The van der Waals surface area contributed by atoms with Gasteiger partial charge in [0.15, 0.2) is 0 Å². The van der Waals surface area contributed by atoms with Crippen LogP contribution >= 0.6 is 0 Å². The Kier molecular flexibility index (Phi) is 4.76. The van der Waals surface area contributed by atoms with Crippen LogP contribution in [0.25, 0.3) is 0 Å². The van der Waals surface area contributed by atoms with Crippen LogP contribution in [0.1, 0.15) is 46.0 Å². The van der Waals surface area contributed by atoms with Crippen LogP contribution < -0.4 is 14.8 Å². The van der Waals surface area contributed by atoms with E-state index in [0.29, 0.717) is 18.0 Å². The highest BCUT2D eigenvalue weighted by Crippen LogP contribution is 2.22. The molecule has 0 saturated heterocycles. The Labute approximate surface area is 114 Å². The molecule has 0 unspecified atom stereocenters. The third-order valence-corrected chi connectivity index (χ3v) is 2.98. The lowest BCUT2D eigenvalue weighted by Gasteiger charge is -2.22. The summed E-state index contributed by atoms with van der Waals surface area (Å²) in [6, 6.07) is 0.655. The smallest absolute Gasteiger partial charge is 0.324 e. The number of nitrogens with one attached hydrogen (secondary N) is 1. The predicted octanol–water partition coefficient (Wildman–Crippen LogP) is 2.41. The molecule has 0 spiro atoms. The van der Waals surface area contributed by atoms with Crippen molar-refractivity contribution in [3.63, 3.8) is 0 Å². The Hall–Kier alpha value is -1.59. The summed E-state index contributed by atoms with van der Waals surface area (Å²) in [5.74, 6) is 0.469. The summed E-state index contributed by atoms with van der Waals surface area (Å²) in [4.78, 5) is 12.6. The van der Waals surface area contributed by atoms with Crippen molar-refractivity contribution in [2.75, 3.05) is 12.4 Å². The lowest BCUT2D eigenvalue weighted by molar-refractivity contribution is 0.137. The zero-order valence-corrected chi connectivity index (χ0v) is 11.8. The standard InChI is InChI=1S/C13H22N4O2/c1-9(2)18-12-15-11(14-3)16-13(17-12)19-10-7-5-4-6-8-10/h9-10H,4-8H2,1-3H3,(H,14,15,16,17). The highest BCUT2D eigenvalue weighted by molar-refractivity contribution is 5.26. The van der Waals surface area contributed by atoms with E-state index in [-0.39, 0.29) is 12.2 Å². The van der Waals surface area contributed by atoms with E-state index in [9.17, 15) is 0 Å². The normalized spacial score (nSPS) is 16.4. The Morgan fingerprint density at radius 2 is 1.74 bits per heavy atom. The van der Waals surface area contributed by atoms with E-state index in [0.717, 1.165) is 12.8 Å². The zero-order chi connectivity index (χ0) is 13.7. The molecule has 0 amide bonds. The van der Waals surface area contributed by atoms with Crippen LogP contribution in [-0.2, 0) is 0 Å². The number of hydrogen-bond donors (Lipinski definition) is 1. The molecule has 19 heavy (non-hydrogen) atoms. The highest BCUT2D eigenvalue weighted by atomic mass is 16.5. The largest absolute Gasteiger partial charge is 0.461 e. The van der Waals surface area contributed by atoms with E-state index in [1.807, 2.05) is 13.8 Å².